The van der Waals surface area contributed by atoms with Crippen molar-refractivity contribution in [3.63, 3.8) is 0 Å². The van der Waals surface area contributed by atoms with E-state index in [0.717, 1.165) is 33.9 Å². The lowest BCUT2D eigenvalue weighted by molar-refractivity contribution is -0.148. The predicted molar refractivity (Wildman–Crippen MR) is 121 cm³/mol. The Labute approximate surface area is 181 Å². The van der Waals surface area contributed by atoms with Gasteiger partial charge in [-0.05, 0) is 45.0 Å². The number of aryl methyl sites for hydroxylation is 2. The number of benzene rings is 1. The van der Waals surface area contributed by atoms with Crippen LogP contribution in [0.2, 0.25) is 0 Å². The predicted octanol–water partition coefficient (Wildman–Crippen LogP) is 4.22. The van der Waals surface area contributed by atoms with E-state index in [-0.39, 0.29) is 12.2 Å². The van der Waals surface area contributed by atoms with Gasteiger partial charge in [-0.3, -0.25) is 14.3 Å². The second-order valence-electron chi connectivity index (χ2n) is 7.40. The fraction of sp³-hybridized carbons (Fsp3) is 0.435. The van der Waals surface area contributed by atoms with Crippen LogP contribution in [0.3, 0.4) is 0 Å². The Morgan fingerprint density at radius 3 is 2.50 bits per heavy atom. The summed E-state index contributed by atoms with van der Waals surface area (Å²) in [4.78, 5) is 35.1. The normalized spacial score (nSPS) is 12.5. The van der Waals surface area contributed by atoms with E-state index in [9.17, 15) is 9.59 Å². The Hall–Kier alpha value is -2.51. The van der Waals surface area contributed by atoms with Gasteiger partial charge in [0.25, 0.3) is 5.56 Å². The molecule has 6 nitrogen and oxygen atoms in total. The summed E-state index contributed by atoms with van der Waals surface area (Å²) in [6, 6.07) is 8.77. The fourth-order valence-electron chi connectivity index (χ4n) is 3.46. The van der Waals surface area contributed by atoms with E-state index in [1.165, 1.54) is 15.9 Å². The number of aromatic nitrogens is 2. The van der Waals surface area contributed by atoms with Crippen molar-refractivity contribution < 1.29 is 9.53 Å². The van der Waals surface area contributed by atoms with Crippen LogP contribution < -0.4 is 5.56 Å². The maximum atomic E-state index is 13.5. The standard InChI is InChI=1S/C23H29N3O3S/c1-6-25(7-2)13-19-24-21-20(15(3)17(5)30-21)22(27)26(19)16(4)23(28)29-14-18-11-9-8-10-12-18/h8-12,16H,6-7,13-14H2,1-5H3. The summed E-state index contributed by atoms with van der Waals surface area (Å²) in [6.07, 6.45) is 0. The molecular formula is C23H29N3O3S. The summed E-state index contributed by atoms with van der Waals surface area (Å²) in [5.41, 5.74) is 1.67. The molecule has 1 aromatic carbocycles. The highest BCUT2D eigenvalue weighted by Gasteiger charge is 2.25. The second kappa shape index (κ2) is 9.53. The minimum absolute atomic E-state index is 0.173. The first-order valence-electron chi connectivity index (χ1n) is 10.3. The molecule has 0 aliphatic carbocycles. The van der Waals surface area contributed by atoms with Gasteiger partial charge < -0.3 is 4.74 Å². The molecule has 7 heteroatoms. The molecule has 0 fully saturated rings. The number of carbonyl (C=O) groups excluding carboxylic acids is 1. The van der Waals surface area contributed by atoms with Crippen LogP contribution >= 0.6 is 11.3 Å². The van der Waals surface area contributed by atoms with E-state index in [1.54, 1.807) is 6.92 Å². The molecule has 0 spiro atoms. The first-order valence-corrected chi connectivity index (χ1v) is 11.1. The molecule has 0 radical (unpaired) electrons. The van der Waals surface area contributed by atoms with Gasteiger partial charge in [0.2, 0.25) is 0 Å². The Kier molecular flexibility index (Phi) is 7.05. The third-order valence-electron chi connectivity index (χ3n) is 5.52. The van der Waals surface area contributed by atoms with Crippen molar-refractivity contribution in [2.24, 2.45) is 0 Å². The highest BCUT2D eigenvalue weighted by atomic mass is 32.1. The van der Waals surface area contributed by atoms with Crippen LogP contribution in [-0.2, 0) is 22.7 Å². The highest BCUT2D eigenvalue weighted by Crippen LogP contribution is 2.27. The second-order valence-corrected chi connectivity index (χ2v) is 8.60. The van der Waals surface area contributed by atoms with E-state index < -0.39 is 12.0 Å². The van der Waals surface area contributed by atoms with Gasteiger partial charge in [-0.25, -0.2) is 9.78 Å². The number of esters is 1. The number of thiophene rings is 1. The Morgan fingerprint density at radius 1 is 1.20 bits per heavy atom. The first-order chi connectivity index (χ1) is 14.4. The summed E-state index contributed by atoms with van der Waals surface area (Å²) < 4.78 is 7.04. The number of rotatable bonds is 8. The fourth-order valence-corrected chi connectivity index (χ4v) is 4.50. The summed E-state index contributed by atoms with van der Waals surface area (Å²) in [5.74, 6) is 0.161. The number of hydrogen-bond acceptors (Lipinski definition) is 6. The topological polar surface area (TPSA) is 64.4 Å². The number of ether oxygens (including phenoxy) is 1. The third kappa shape index (κ3) is 4.47. The van der Waals surface area contributed by atoms with Crippen molar-refractivity contribution in [2.45, 2.75) is 53.8 Å². The van der Waals surface area contributed by atoms with Gasteiger partial charge in [0.15, 0.2) is 0 Å². The molecule has 3 aromatic rings. The van der Waals surface area contributed by atoms with Crippen LogP contribution in [0.15, 0.2) is 35.1 Å². The zero-order valence-electron chi connectivity index (χ0n) is 18.3. The van der Waals surface area contributed by atoms with Gasteiger partial charge in [0.05, 0.1) is 11.9 Å². The van der Waals surface area contributed by atoms with Crippen molar-refractivity contribution in [2.75, 3.05) is 13.1 Å². The average Bonchev–Trinajstić information content (AvgIpc) is 3.04. The van der Waals surface area contributed by atoms with E-state index in [2.05, 4.69) is 18.7 Å². The van der Waals surface area contributed by atoms with Crippen LogP contribution in [0, 0.1) is 13.8 Å². The SMILES string of the molecule is CCN(CC)Cc1nc2sc(C)c(C)c2c(=O)n1C(C)C(=O)OCc1ccccc1. The van der Waals surface area contributed by atoms with E-state index in [0.29, 0.717) is 17.8 Å². The molecule has 2 heterocycles. The van der Waals surface area contributed by atoms with Crippen LogP contribution in [0.5, 0.6) is 0 Å². The molecule has 2 aromatic heterocycles. The lowest BCUT2D eigenvalue weighted by Gasteiger charge is -2.23. The van der Waals surface area contributed by atoms with Crippen LogP contribution in [0.4, 0.5) is 0 Å². The third-order valence-corrected chi connectivity index (χ3v) is 6.62. The number of hydrogen-bond donors (Lipinski definition) is 0. The molecule has 0 saturated carbocycles. The maximum absolute atomic E-state index is 13.5. The van der Waals surface area contributed by atoms with Crippen molar-refractivity contribution in [3.8, 4) is 0 Å². The van der Waals surface area contributed by atoms with E-state index in [4.69, 9.17) is 9.72 Å². The summed E-state index contributed by atoms with van der Waals surface area (Å²) in [6.45, 7) is 12.1. The van der Waals surface area contributed by atoms with Crippen LogP contribution in [0.1, 0.15) is 48.6 Å². The molecule has 0 N–H and O–H groups in total. The zero-order valence-corrected chi connectivity index (χ0v) is 19.1. The first kappa shape index (κ1) is 22.2. The maximum Gasteiger partial charge on any atom is 0.329 e. The average molecular weight is 428 g/mol. The van der Waals surface area contributed by atoms with Crippen LogP contribution in [0.25, 0.3) is 10.2 Å². The van der Waals surface area contributed by atoms with Crippen LogP contribution in [-0.4, -0.2) is 33.5 Å². The summed E-state index contributed by atoms with van der Waals surface area (Å²) in [5, 5.41) is 0.600. The monoisotopic (exact) mass is 427 g/mol. The van der Waals surface area contributed by atoms with Gasteiger partial charge in [0, 0.05) is 4.88 Å². The smallest absolute Gasteiger partial charge is 0.329 e. The molecule has 0 aliphatic heterocycles. The molecule has 0 saturated heterocycles. The number of fused-ring (bicyclic) bond motifs is 1. The Balaban J connectivity index is 2.00. The number of nitrogens with zero attached hydrogens (tertiary/aromatic N) is 3. The van der Waals surface area contributed by atoms with Gasteiger partial charge in [-0.2, -0.15) is 0 Å². The molecule has 1 unspecified atom stereocenters. The highest BCUT2D eigenvalue weighted by molar-refractivity contribution is 7.18. The number of carbonyl (C=O) groups is 1. The van der Waals surface area contributed by atoms with Gasteiger partial charge in [0.1, 0.15) is 23.3 Å². The Morgan fingerprint density at radius 2 is 1.87 bits per heavy atom. The van der Waals surface area contributed by atoms with Crippen molar-refractivity contribution in [1.29, 1.82) is 0 Å². The quantitative estimate of drug-likeness (QED) is 0.504. The van der Waals surface area contributed by atoms with E-state index >= 15 is 0 Å². The molecule has 1 atom stereocenters. The zero-order chi connectivity index (χ0) is 21.8. The van der Waals surface area contributed by atoms with Crippen molar-refractivity contribution >= 4 is 27.5 Å². The molecule has 0 aliphatic rings. The Bertz CT molecular complexity index is 1080. The lowest BCUT2D eigenvalue weighted by Crippen LogP contribution is -2.35. The molecule has 3 rings (SSSR count). The summed E-state index contributed by atoms with van der Waals surface area (Å²) in [7, 11) is 0. The minimum Gasteiger partial charge on any atom is -0.459 e. The minimum atomic E-state index is -0.761. The van der Waals surface area contributed by atoms with Gasteiger partial charge >= 0.3 is 5.97 Å². The van der Waals surface area contributed by atoms with Crippen molar-refractivity contribution in [3.05, 3.63) is 62.5 Å². The van der Waals surface area contributed by atoms with Gasteiger partial charge in [-0.1, -0.05) is 44.2 Å². The molecule has 30 heavy (non-hydrogen) atoms. The molecule has 0 bridgehead atoms. The van der Waals surface area contributed by atoms with E-state index in [1.807, 2.05) is 44.2 Å². The summed E-state index contributed by atoms with van der Waals surface area (Å²) >= 11 is 1.53. The largest absolute Gasteiger partial charge is 0.459 e. The van der Waals surface area contributed by atoms with Crippen molar-refractivity contribution in [1.82, 2.24) is 14.5 Å². The molecule has 0 amide bonds. The van der Waals surface area contributed by atoms with Gasteiger partial charge in [-0.15, -0.1) is 11.3 Å². The lowest BCUT2D eigenvalue weighted by atomic mass is 10.2. The molecular weight excluding hydrogens is 398 g/mol. The molecule has 160 valence electrons.